The van der Waals surface area contributed by atoms with Crippen LogP contribution < -0.4 is 0 Å². The third-order valence-electron chi connectivity index (χ3n) is 3.00. The highest BCUT2D eigenvalue weighted by molar-refractivity contribution is 7.13. The molecule has 0 atom stereocenters. The molecule has 0 spiro atoms. The highest BCUT2D eigenvalue weighted by Crippen LogP contribution is 2.28. The van der Waals surface area contributed by atoms with E-state index in [0.29, 0.717) is 24.0 Å². The molecule has 2 rings (SSSR count). The molecule has 2 heterocycles. The van der Waals surface area contributed by atoms with E-state index in [-0.39, 0.29) is 11.9 Å². The topological polar surface area (TPSA) is 51.7 Å². The molecule has 1 amide bonds. The number of carbonyl (C=O) groups excluding carboxylic acids is 1. The van der Waals surface area contributed by atoms with E-state index in [9.17, 15) is 4.79 Å². The molecule has 0 aromatic carbocycles. The van der Waals surface area contributed by atoms with E-state index in [0.717, 1.165) is 11.6 Å². The lowest BCUT2D eigenvalue weighted by atomic mass is 10.1. The van der Waals surface area contributed by atoms with Crippen LogP contribution >= 0.6 is 11.3 Å². The summed E-state index contributed by atoms with van der Waals surface area (Å²) in [5.41, 5.74) is 0. The number of nitrogens with zero attached hydrogens (tertiary/aromatic N) is 2. The fraction of sp³-hybridized carbons (Fsp3) is 0.714. The van der Waals surface area contributed by atoms with Crippen molar-refractivity contribution in [2.45, 2.75) is 40.0 Å². The molecule has 1 aromatic heterocycles. The van der Waals surface area contributed by atoms with Crippen molar-refractivity contribution in [1.29, 1.82) is 0 Å². The highest BCUT2D eigenvalue weighted by Gasteiger charge is 2.26. The Morgan fingerprint density at radius 3 is 2.60 bits per heavy atom. The molecule has 0 unspecified atom stereocenters. The van der Waals surface area contributed by atoms with Gasteiger partial charge in [0, 0.05) is 12.6 Å². The second-order valence-electron chi connectivity index (χ2n) is 5.58. The van der Waals surface area contributed by atoms with Gasteiger partial charge in [-0.1, -0.05) is 13.8 Å². The van der Waals surface area contributed by atoms with E-state index in [1.165, 1.54) is 11.3 Å². The Morgan fingerprint density at radius 1 is 1.40 bits per heavy atom. The Bertz CT molecular complexity index is 453. The summed E-state index contributed by atoms with van der Waals surface area (Å²) in [6.07, 6.45) is 1.22. The van der Waals surface area contributed by atoms with Gasteiger partial charge in [0.1, 0.15) is 9.88 Å². The molecule has 5 nitrogen and oxygen atoms in total. The van der Waals surface area contributed by atoms with Crippen molar-refractivity contribution in [3.05, 3.63) is 16.1 Å². The van der Waals surface area contributed by atoms with Crippen LogP contribution in [0.4, 0.5) is 0 Å². The molecule has 1 aromatic rings. The normalized spacial score (nSPS) is 16.3. The fourth-order valence-electron chi connectivity index (χ4n) is 2.06. The Morgan fingerprint density at radius 2 is 2.05 bits per heavy atom. The van der Waals surface area contributed by atoms with Crippen LogP contribution in [0.3, 0.4) is 0 Å². The van der Waals surface area contributed by atoms with Crippen LogP contribution in [0.5, 0.6) is 0 Å². The van der Waals surface area contributed by atoms with Crippen molar-refractivity contribution in [3.8, 4) is 0 Å². The highest BCUT2D eigenvalue weighted by atomic mass is 32.1. The summed E-state index contributed by atoms with van der Waals surface area (Å²) in [6.45, 7) is 10.2. The molecular weight excluding hydrogens is 276 g/mol. The van der Waals surface area contributed by atoms with Crippen LogP contribution in [0, 0.1) is 5.92 Å². The molecule has 0 bridgehead atoms. The van der Waals surface area contributed by atoms with Gasteiger partial charge in [0.25, 0.3) is 5.91 Å². The summed E-state index contributed by atoms with van der Waals surface area (Å²) in [6, 6.07) is 0.175. The lowest BCUT2D eigenvalue weighted by molar-refractivity contribution is -0.0442. The number of amides is 1. The largest absolute Gasteiger partial charge is 0.344 e. The van der Waals surface area contributed by atoms with Crippen LogP contribution in [-0.2, 0) is 9.47 Å². The molecule has 6 heteroatoms. The van der Waals surface area contributed by atoms with Crippen LogP contribution in [-0.4, -0.2) is 41.6 Å². The molecule has 1 aliphatic rings. The van der Waals surface area contributed by atoms with E-state index in [1.807, 2.05) is 18.7 Å². The van der Waals surface area contributed by atoms with Crippen molar-refractivity contribution in [1.82, 2.24) is 9.88 Å². The molecule has 112 valence electrons. The first-order valence-electron chi connectivity index (χ1n) is 6.99. The van der Waals surface area contributed by atoms with Gasteiger partial charge in [-0.05, 0) is 19.8 Å². The SMILES string of the molecule is CC(C)CN(C(=O)c1cnc(C2OCCO2)s1)C(C)C. The minimum Gasteiger partial charge on any atom is -0.344 e. The Labute approximate surface area is 123 Å². The van der Waals surface area contributed by atoms with Crippen molar-refractivity contribution < 1.29 is 14.3 Å². The summed E-state index contributed by atoms with van der Waals surface area (Å²) >= 11 is 1.36. The smallest absolute Gasteiger partial charge is 0.265 e. The van der Waals surface area contributed by atoms with Crippen LogP contribution in [0.15, 0.2) is 6.20 Å². The Hall–Kier alpha value is -0.980. The van der Waals surface area contributed by atoms with E-state index in [1.54, 1.807) is 6.20 Å². The van der Waals surface area contributed by atoms with Crippen LogP contribution in [0.25, 0.3) is 0 Å². The maximum atomic E-state index is 12.6. The minimum atomic E-state index is -0.404. The predicted octanol–water partition coefficient (Wildman–Crippen LogP) is 2.70. The van der Waals surface area contributed by atoms with Gasteiger partial charge < -0.3 is 14.4 Å². The van der Waals surface area contributed by atoms with Gasteiger partial charge in [-0.2, -0.15) is 0 Å². The van der Waals surface area contributed by atoms with Crippen molar-refractivity contribution in [2.75, 3.05) is 19.8 Å². The van der Waals surface area contributed by atoms with Crippen LogP contribution in [0.1, 0.15) is 48.7 Å². The lowest BCUT2D eigenvalue weighted by Crippen LogP contribution is -2.39. The zero-order chi connectivity index (χ0) is 14.7. The molecule has 0 radical (unpaired) electrons. The zero-order valence-electron chi connectivity index (χ0n) is 12.5. The third-order valence-corrected chi connectivity index (χ3v) is 4.01. The van der Waals surface area contributed by atoms with Crippen molar-refractivity contribution in [2.24, 2.45) is 5.92 Å². The summed E-state index contributed by atoms with van der Waals surface area (Å²) in [5.74, 6) is 0.477. The van der Waals surface area contributed by atoms with Crippen LogP contribution in [0.2, 0.25) is 0 Å². The molecule has 0 aliphatic carbocycles. The van der Waals surface area contributed by atoms with Gasteiger partial charge in [0.15, 0.2) is 0 Å². The maximum Gasteiger partial charge on any atom is 0.265 e. The number of rotatable bonds is 5. The Balaban J connectivity index is 2.10. The minimum absolute atomic E-state index is 0.0375. The number of aromatic nitrogens is 1. The first-order chi connectivity index (χ1) is 9.49. The summed E-state index contributed by atoms with van der Waals surface area (Å²) < 4.78 is 10.8. The molecule has 1 fully saturated rings. The predicted molar refractivity (Wildman–Crippen MR) is 77.8 cm³/mol. The quantitative estimate of drug-likeness (QED) is 0.838. The summed E-state index contributed by atoms with van der Waals surface area (Å²) in [5, 5.41) is 0.721. The van der Waals surface area contributed by atoms with Crippen molar-refractivity contribution >= 4 is 17.2 Å². The van der Waals surface area contributed by atoms with Gasteiger partial charge in [0.2, 0.25) is 6.29 Å². The van der Waals surface area contributed by atoms with Gasteiger partial charge in [-0.25, -0.2) is 4.98 Å². The second kappa shape index (κ2) is 6.65. The van der Waals surface area contributed by atoms with E-state index in [4.69, 9.17) is 9.47 Å². The maximum absolute atomic E-state index is 12.6. The van der Waals surface area contributed by atoms with Gasteiger partial charge in [-0.3, -0.25) is 4.79 Å². The number of hydrogen-bond donors (Lipinski definition) is 0. The number of thiazole rings is 1. The van der Waals surface area contributed by atoms with Gasteiger partial charge >= 0.3 is 0 Å². The standard InChI is InChI=1S/C14H22N2O3S/c1-9(2)8-16(10(3)4)13(17)11-7-15-12(20-11)14-18-5-6-19-14/h7,9-10,14H,5-6,8H2,1-4H3. The fourth-order valence-corrected chi connectivity index (χ4v) is 2.93. The molecule has 1 saturated heterocycles. The third kappa shape index (κ3) is 3.56. The molecule has 0 saturated carbocycles. The average Bonchev–Trinajstić information content (AvgIpc) is 3.04. The molecular formula is C14H22N2O3S. The summed E-state index contributed by atoms with van der Waals surface area (Å²) in [4.78, 5) is 19.4. The Kier molecular flexibility index (Phi) is 5.12. The molecule has 1 aliphatic heterocycles. The van der Waals surface area contributed by atoms with E-state index >= 15 is 0 Å². The number of hydrogen-bond acceptors (Lipinski definition) is 5. The molecule has 0 N–H and O–H groups in total. The van der Waals surface area contributed by atoms with E-state index < -0.39 is 6.29 Å². The summed E-state index contributed by atoms with van der Waals surface area (Å²) in [7, 11) is 0. The zero-order valence-corrected chi connectivity index (χ0v) is 13.3. The van der Waals surface area contributed by atoms with Gasteiger partial charge in [0.05, 0.1) is 19.4 Å². The number of carbonyl (C=O) groups is 1. The lowest BCUT2D eigenvalue weighted by Gasteiger charge is -2.27. The second-order valence-corrected chi connectivity index (χ2v) is 6.64. The first kappa shape index (κ1) is 15.4. The van der Waals surface area contributed by atoms with Crippen molar-refractivity contribution in [3.63, 3.8) is 0 Å². The van der Waals surface area contributed by atoms with E-state index in [2.05, 4.69) is 18.8 Å². The van der Waals surface area contributed by atoms with Gasteiger partial charge in [-0.15, -0.1) is 11.3 Å². The average molecular weight is 298 g/mol. The first-order valence-corrected chi connectivity index (χ1v) is 7.80. The number of ether oxygens (including phenoxy) is 2. The molecule has 20 heavy (non-hydrogen) atoms. The monoisotopic (exact) mass is 298 g/mol.